The number of carbonyl (C=O) groups is 1. The molecule has 1 saturated heterocycles. The molecule has 0 bridgehead atoms. The lowest BCUT2D eigenvalue weighted by molar-refractivity contribution is 0.0644. The number of terminal acetylenes is 1. The van der Waals surface area contributed by atoms with Gasteiger partial charge in [-0.15, -0.1) is 18.2 Å². The number of sulfonamides is 1. The Morgan fingerprint density at radius 1 is 1.03 bits per heavy atom. The standard InChI is InChI=1S/C22H25N3O3S2/c1-2-12-23-30(27,28)21-10-8-19(9-11-21)22(26)25-15-13-24(14-16-25)17-18-29-20-6-4-3-5-7-20/h1,3-11,23H,12-18H2. The molecule has 0 spiro atoms. The topological polar surface area (TPSA) is 69.7 Å². The van der Waals surface area contributed by atoms with Gasteiger partial charge in [0.15, 0.2) is 0 Å². The molecule has 8 heteroatoms. The van der Waals surface area contributed by atoms with Gasteiger partial charge in [0.2, 0.25) is 10.0 Å². The Kier molecular flexibility index (Phi) is 7.94. The van der Waals surface area contributed by atoms with E-state index in [2.05, 4.69) is 27.7 Å². The normalized spacial score (nSPS) is 15.0. The maximum atomic E-state index is 12.8. The quantitative estimate of drug-likeness (QED) is 0.500. The van der Waals surface area contributed by atoms with Gasteiger partial charge in [-0.2, -0.15) is 4.72 Å². The smallest absolute Gasteiger partial charge is 0.253 e. The van der Waals surface area contributed by atoms with Gasteiger partial charge < -0.3 is 4.90 Å². The van der Waals surface area contributed by atoms with E-state index in [9.17, 15) is 13.2 Å². The molecule has 0 atom stereocenters. The van der Waals surface area contributed by atoms with Crippen LogP contribution in [0, 0.1) is 12.3 Å². The largest absolute Gasteiger partial charge is 0.336 e. The van der Waals surface area contributed by atoms with E-state index in [1.807, 2.05) is 34.9 Å². The van der Waals surface area contributed by atoms with Crippen LogP contribution in [0.15, 0.2) is 64.4 Å². The summed E-state index contributed by atoms with van der Waals surface area (Å²) in [6, 6.07) is 16.3. The molecule has 6 nitrogen and oxygen atoms in total. The minimum absolute atomic E-state index is 0.0723. The fourth-order valence-corrected chi connectivity index (χ4v) is 5.03. The molecule has 0 aliphatic carbocycles. The Morgan fingerprint density at radius 2 is 1.70 bits per heavy atom. The fourth-order valence-electron chi connectivity index (χ4n) is 3.16. The summed E-state index contributed by atoms with van der Waals surface area (Å²) >= 11 is 1.84. The van der Waals surface area contributed by atoms with Gasteiger partial charge in [-0.25, -0.2) is 8.42 Å². The van der Waals surface area contributed by atoms with E-state index in [1.165, 1.54) is 17.0 Å². The number of amides is 1. The first-order chi connectivity index (χ1) is 14.5. The summed E-state index contributed by atoms with van der Waals surface area (Å²) in [4.78, 5) is 18.3. The van der Waals surface area contributed by atoms with E-state index < -0.39 is 10.0 Å². The summed E-state index contributed by atoms with van der Waals surface area (Å²) in [5.41, 5.74) is 0.485. The fraction of sp³-hybridized carbons (Fsp3) is 0.318. The molecule has 2 aromatic rings. The summed E-state index contributed by atoms with van der Waals surface area (Å²) < 4.78 is 26.5. The molecule has 1 amide bonds. The Balaban J connectivity index is 1.47. The molecular weight excluding hydrogens is 418 g/mol. The first-order valence-corrected chi connectivity index (χ1v) is 12.2. The second-order valence-electron chi connectivity index (χ2n) is 6.85. The molecular formula is C22H25N3O3S2. The lowest BCUT2D eigenvalue weighted by atomic mass is 10.2. The van der Waals surface area contributed by atoms with E-state index in [1.54, 1.807) is 12.1 Å². The lowest BCUT2D eigenvalue weighted by Crippen LogP contribution is -2.49. The highest BCUT2D eigenvalue weighted by Gasteiger charge is 2.22. The van der Waals surface area contributed by atoms with Crippen molar-refractivity contribution >= 4 is 27.7 Å². The molecule has 1 heterocycles. The zero-order valence-electron chi connectivity index (χ0n) is 16.7. The zero-order chi connectivity index (χ0) is 21.4. The van der Waals surface area contributed by atoms with Gasteiger partial charge in [0.1, 0.15) is 0 Å². The number of nitrogens with zero attached hydrogens (tertiary/aromatic N) is 2. The highest BCUT2D eigenvalue weighted by atomic mass is 32.2. The summed E-state index contributed by atoms with van der Waals surface area (Å²) in [6.07, 6.45) is 5.09. The van der Waals surface area contributed by atoms with Gasteiger partial charge in [0.25, 0.3) is 5.91 Å². The Labute approximate surface area is 182 Å². The maximum Gasteiger partial charge on any atom is 0.253 e. The predicted molar refractivity (Wildman–Crippen MR) is 120 cm³/mol. The zero-order valence-corrected chi connectivity index (χ0v) is 18.3. The number of thioether (sulfide) groups is 1. The number of carbonyl (C=O) groups excluding carboxylic acids is 1. The first kappa shape index (κ1) is 22.4. The van der Waals surface area contributed by atoms with Gasteiger partial charge in [0, 0.05) is 48.9 Å². The molecule has 2 aromatic carbocycles. The van der Waals surface area contributed by atoms with E-state index >= 15 is 0 Å². The minimum atomic E-state index is -3.65. The Bertz CT molecular complexity index is 979. The molecule has 3 rings (SSSR count). The van der Waals surface area contributed by atoms with Crippen LogP contribution in [0.4, 0.5) is 0 Å². The number of hydrogen-bond donors (Lipinski definition) is 1. The van der Waals surface area contributed by atoms with Crippen molar-refractivity contribution in [2.45, 2.75) is 9.79 Å². The van der Waals surface area contributed by atoms with Crippen LogP contribution in [-0.2, 0) is 10.0 Å². The van der Waals surface area contributed by atoms with Crippen molar-refractivity contribution in [2.24, 2.45) is 0 Å². The second kappa shape index (κ2) is 10.6. The van der Waals surface area contributed by atoms with Crippen molar-refractivity contribution in [2.75, 3.05) is 45.0 Å². The number of piperazine rings is 1. The molecule has 0 saturated carbocycles. The molecule has 0 radical (unpaired) electrons. The monoisotopic (exact) mass is 443 g/mol. The average Bonchev–Trinajstić information content (AvgIpc) is 2.78. The molecule has 30 heavy (non-hydrogen) atoms. The SMILES string of the molecule is C#CCNS(=O)(=O)c1ccc(C(=O)N2CCN(CCSc3ccccc3)CC2)cc1. The third-order valence-electron chi connectivity index (χ3n) is 4.85. The predicted octanol–water partition coefficient (Wildman–Crippen LogP) is 2.15. The molecule has 1 aliphatic heterocycles. The summed E-state index contributed by atoms with van der Waals surface area (Å²) in [6.45, 7) is 3.92. The summed E-state index contributed by atoms with van der Waals surface area (Å²) in [5, 5.41) is 0. The molecule has 0 unspecified atom stereocenters. The van der Waals surface area contributed by atoms with Crippen molar-refractivity contribution in [3.05, 3.63) is 60.2 Å². The van der Waals surface area contributed by atoms with Crippen LogP contribution in [0.1, 0.15) is 10.4 Å². The number of benzene rings is 2. The van der Waals surface area contributed by atoms with Crippen molar-refractivity contribution in [3.63, 3.8) is 0 Å². The Morgan fingerprint density at radius 3 is 2.33 bits per heavy atom. The maximum absolute atomic E-state index is 12.8. The van der Waals surface area contributed by atoms with Gasteiger partial charge in [0.05, 0.1) is 11.4 Å². The van der Waals surface area contributed by atoms with Crippen LogP contribution in [0.2, 0.25) is 0 Å². The molecule has 1 aliphatic rings. The summed E-state index contributed by atoms with van der Waals surface area (Å²) in [5.74, 6) is 3.17. The van der Waals surface area contributed by atoms with E-state index in [-0.39, 0.29) is 17.3 Å². The van der Waals surface area contributed by atoms with Crippen LogP contribution in [-0.4, -0.2) is 69.1 Å². The first-order valence-electron chi connectivity index (χ1n) is 9.72. The van der Waals surface area contributed by atoms with Gasteiger partial charge in [-0.1, -0.05) is 24.1 Å². The second-order valence-corrected chi connectivity index (χ2v) is 9.78. The van der Waals surface area contributed by atoms with Crippen LogP contribution in [0.3, 0.4) is 0 Å². The van der Waals surface area contributed by atoms with Crippen LogP contribution < -0.4 is 4.72 Å². The molecule has 1 N–H and O–H groups in total. The molecule has 0 aromatic heterocycles. The van der Waals surface area contributed by atoms with Gasteiger partial charge in [-0.05, 0) is 36.4 Å². The average molecular weight is 444 g/mol. The highest BCUT2D eigenvalue weighted by molar-refractivity contribution is 7.99. The van der Waals surface area contributed by atoms with Crippen molar-refractivity contribution < 1.29 is 13.2 Å². The van der Waals surface area contributed by atoms with E-state index in [0.29, 0.717) is 18.7 Å². The van der Waals surface area contributed by atoms with Crippen LogP contribution in [0.25, 0.3) is 0 Å². The minimum Gasteiger partial charge on any atom is -0.336 e. The number of rotatable bonds is 8. The number of hydrogen-bond acceptors (Lipinski definition) is 5. The Hall–Kier alpha value is -2.31. The van der Waals surface area contributed by atoms with Crippen molar-refractivity contribution in [1.82, 2.24) is 14.5 Å². The van der Waals surface area contributed by atoms with Crippen LogP contribution >= 0.6 is 11.8 Å². The van der Waals surface area contributed by atoms with Crippen LogP contribution in [0.5, 0.6) is 0 Å². The van der Waals surface area contributed by atoms with Gasteiger partial charge in [-0.3, -0.25) is 9.69 Å². The third-order valence-corrected chi connectivity index (χ3v) is 7.26. The van der Waals surface area contributed by atoms with E-state index in [4.69, 9.17) is 6.42 Å². The summed E-state index contributed by atoms with van der Waals surface area (Å²) in [7, 11) is -3.65. The molecule has 1 fully saturated rings. The van der Waals surface area contributed by atoms with Crippen molar-refractivity contribution in [3.8, 4) is 12.3 Å². The third kappa shape index (κ3) is 6.09. The highest BCUT2D eigenvalue weighted by Crippen LogP contribution is 2.18. The number of nitrogens with one attached hydrogen (secondary N) is 1. The van der Waals surface area contributed by atoms with Crippen molar-refractivity contribution in [1.29, 1.82) is 0 Å². The van der Waals surface area contributed by atoms with Gasteiger partial charge >= 0.3 is 0 Å². The molecule has 158 valence electrons. The van der Waals surface area contributed by atoms with E-state index in [0.717, 1.165) is 25.4 Å². The lowest BCUT2D eigenvalue weighted by Gasteiger charge is -2.34.